The Bertz CT molecular complexity index is 1410. The van der Waals surface area contributed by atoms with Crippen LogP contribution in [0.3, 0.4) is 0 Å². The third kappa shape index (κ3) is 4.18. The summed E-state index contributed by atoms with van der Waals surface area (Å²) >= 11 is 0. The predicted octanol–water partition coefficient (Wildman–Crippen LogP) is 3.21. The molecule has 0 radical (unpaired) electrons. The normalized spacial score (nSPS) is 26.3. The van der Waals surface area contributed by atoms with E-state index in [0.29, 0.717) is 25.1 Å². The average molecular weight is 525 g/mol. The van der Waals surface area contributed by atoms with Crippen molar-refractivity contribution in [2.24, 2.45) is 11.3 Å². The van der Waals surface area contributed by atoms with Crippen LogP contribution in [-0.4, -0.2) is 64.8 Å². The van der Waals surface area contributed by atoms with Crippen molar-refractivity contribution in [1.29, 1.82) is 0 Å². The molecule has 1 aromatic heterocycles. The molecule has 2 unspecified atom stereocenters. The van der Waals surface area contributed by atoms with E-state index in [1.165, 1.54) is 16.7 Å². The van der Waals surface area contributed by atoms with Crippen LogP contribution in [0.5, 0.6) is 0 Å². The third-order valence-corrected chi connectivity index (χ3v) is 9.36. The molecule has 1 aromatic carbocycles. The van der Waals surface area contributed by atoms with Crippen molar-refractivity contribution in [2.45, 2.75) is 44.7 Å². The highest BCUT2D eigenvalue weighted by Gasteiger charge is 2.53. The van der Waals surface area contributed by atoms with Gasteiger partial charge in [-0.1, -0.05) is 24.3 Å². The number of carbonyl (C=O) groups is 3. The summed E-state index contributed by atoms with van der Waals surface area (Å²) in [6, 6.07) is 12.3. The van der Waals surface area contributed by atoms with Crippen molar-refractivity contribution in [3.05, 3.63) is 77.3 Å². The highest BCUT2D eigenvalue weighted by Crippen LogP contribution is 2.54. The lowest BCUT2D eigenvalue weighted by atomic mass is 9.67. The van der Waals surface area contributed by atoms with Crippen molar-refractivity contribution >= 4 is 17.7 Å². The molecule has 200 valence electrons. The molecule has 5 heterocycles. The molecule has 7 rings (SSSR count). The second kappa shape index (κ2) is 9.45. The standard InChI is InChI=1S/C31H32N4O4/c36-27-7-6-26(29(37)33-27)35-18-24-23(30(35)38)4-5-25-28(24)39-19-31(25)10-14-34(15-11-31)17-20-2-1-3-22(16-20)21-8-12-32-13-9-21/h1-4,8-9,12-13,16,25-26H,5-7,10-11,14-15,17-19H2,(H,33,36,37). The fourth-order valence-electron chi connectivity index (χ4n) is 7.16. The second-order valence-corrected chi connectivity index (χ2v) is 11.5. The molecule has 1 spiro atoms. The maximum atomic E-state index is 13.2. The van der Waals surface area contributed by atoms with E-state index in [0.717, 1.165) is 50.2 Å². The van der Waals surface area contributed by atoms with Gasteiger partial charge in [0.2, 0.25) is 11.8 Å². The fourth-order valence-corrected chi connectivity index (χ4v) is 7.16. The number of amides is 3. The third-order valence-electron chi connectivity index (χ3n) is 9.36. The molecule has 8 nitrogen and oxygen atoms in total. The number of allylic oxidation sites excluding steroid dienone is 2. The first-order valence-electron chi connectivity index (χ1n) is 13.9. The SMILES string of the molecule is O=C1CCC(N2CC3=C4OCC5(CCN(Cc6cccc(-c7ccncc7)c6)CC5)C4CC=C3C2=O)C(=O)N1. The minimum absolute atomic E-state index is 0.0881. The zero-order chi connectivity index (χ0) is 26.6. The van der Waals surface area contributed by atoms with Crippen molar-refractivity contribution in [3.63, 3.8) is 0 Å². The molecule has 3 amide bonds. The van der Waals surface area contributed by atoms with Gasteiger partial charge in [0.1, 0.15) is 11.8 Å². The van der Waals surface area contributed by atoms with Crippen LogP contribution in [0.4, 0.5) is 0 Å². The van der Waals surface area contributed by atoms with E-state index in [1.807, 2.05) is 24.5 Å². The predicted molar refractivity (Wildman–Crippen MR) is 144 cm³/mol. The van der Waals surface area contributed by atoms with Gasteiger partial charge in [0.05, 0.1) is 13.2 Å². The number of benzene rings is 1. The van der Waals surface area contributed by atoms with E-state index in [-0.39, 0.29) is 35.5 Å². The van der Waals surface area contributed by atoms with Gasteiger partial charge >= 0.3 is 0 Å². The van der Waals surface area contributed by atoms with Gasteiger partial charge < -0.3 is 9.64 Å². The molecular formula is C31H32N4O4. The van der Waals surface area contributed by atoms with Gasteiger partial charge in [-0.15, -0.1) is 0 Å². The Morgan fingerprint density at radius 1 is 1.05 bits per heavy atom. The van der Waals surface area contributed by atoms with Crippen LogP contribution in [-0.2, 0) is 25.7 Å². The Morgan fingerprint density at radius 3 is 2.67 bits per heavy atom. The number of fused-ring (bicyclic) bond motifs is 3. The van der Waals surface area contributed by atoms with Gasteiger partial charge in [-0.2, -0.15) is 0 Å². The summed E-state index contributed by atoms with van der Waals surface area (Å²) in [4.78, 5) is 45.6. The summed E-state index contributed by atoms with van der Waals surface area (Å²) in [6.07, 6.45) is 9.30. The van der Waals surface area contributed by atoms with E-state index in [4.69, 9.17) is 4.74 Å². The Labute approximate surface area is 227 Å². The van der Waals surface area contributed by atoms with Crippen LogP contribution >= 0.6 is 0 Å². The number of hydrogen-bond acceptors (Lipinski definition) is 6. The molecule has 8 heteroatoms. The molecule has 2 atom stereocenters. The van der Waals surface area contributed by atoms with Crippen LogP contribution in [0.2, 0.25) is 0 Å². The van der Waals surface area contributed by atoms with Crippen LogP contribution in [0.25, 0.3) is 11.1 Å². The van der Waals surface area contributed by atoms with Crippen LogP contribution in [0.1, 0.15) is 37.7 Å². The largest absolute Gasteiger partial charge is 0.497 e. The monoisotopic (exact) mass is 524 g/mol. The Morgan fingerprint density at radius 2 is 1.87 bits per heavy atom. The molecule has 4 saturated heterocycles. The van der Waals surface area contributed by atoms with E-state index in [2.05, 4.69) is 45.5 Å². The molecule has 1 N–H and O–H groups in total. The van der Waals surface area contributed by atoms with Gasteiger partial charge in [-0.3, -0.25) is 29.6 Å². The maximum absolute atomic E-state index is 13.2. The lowest BCUT2D eigenvalue weighted by molar-refractivity contribution is -0.142. The van der Waals surface area contributed by atoms with Crippen LogP contribution in [0.15, 0.2) is 71.8 Å². The zero-order valence-corrected chi connectivity index (χ0v) is 21.9. The lowest BCUT2D eigenvalue weighted by Crippen LogP contribution is -2.52. The first-order valence-corrected chi connectivity index (χ1v) is 13.9. The van der Waals surface area contributed by atoms with Gasteiger partial charge in [-0.05, 0) is 73.7 Å². The first-order chi connectivity index (χ1) is 19.0. The first kappa shape index (κ1) is 24.3. The summed E-state index contributed by atoms with van der Waals surface area (Å²) in [5, 5.41) is 2.39. The van der Waals surface area contributed by atoms with Crippen LogP contribution in [0, 0.1) is 11.3 Å². The minimum Gasteiger partial charge on any atom is -0.497 e. The molecule has 4 fully saturated rings. The maximum Gasteiger partial charge on any atom is 0.254 e. The number of nitrogens with zero attached hydrogens (tertiary/aromatic N) is 3. The van der Waals surface area contributed by atoms with Crippen molar-refractivity contribution in [3.8, 4) is 11.1 Å². The molecule has 5 aliphatic rings. The number of ether oxygens (including phenoxy) is 1. The molecule has 1 aliphatic carbocycles. The summed E-state index contributed by atoms with van der Waals surface area (Å²) in [7, 11) is 0. The summed E-state index contributed by atoms with van der Waals surface area (Å²) in [6.45, 7) is 4.03. The van der Waals surface area contributed by atoms with Gasteiger partial charge in [0, 0.05) is 47.8 Å². The molecular weight excluding hydrogens is 492 g/mol. The van der Waals surface area contributed by atoms with Crippen molar-refractivity contribution in [1.82, 2.24) is 20.1 Å². The number of aromatic nitrogens is 1. The molecule has 2 aromatic rings. The molecule has 0 saturated carbocycles. The van der Waals surface area contributed by atoms with E-state index >= 15 is 0 Å². The van der Waals surface area contributed by atoms with Crippen molar-refractivity contribution in [2.75, 3.05) is 26.2 Å². The Hall–Kier alpha value is -3.78. The lowest BCUT2D eigenvalue weighted by Gasteiger charge is -2.41. The molecule has 39 heavy (non-hydrogen) atoms. The number of hydrogen-bond donors (Lipinski definition) is 1. The number of carbonyl (C=O) groups excluding carboxylic acids is 3. The Balaban J connectivity index is 1.03. The van der Waals surface area contributed by atoms with Gasteiger partial charge in [0.15, 0.2) is 0 Å². The molecule has 4 aliphatic heterocycles. The highest BCUT2D eigenvalue weighted by atomic mass is 16.5. The van der Waals surface area contributed by atoms with E-state index < -0.39 is 6.04 Å². The van der Waals surface area contributed by atoms with Crippen LogP contribution < -0.4 is 5.32 Å². The topological polar surface area (TPSA) is 91.8 Å². The molecule has 0 bridgehead atoms. The highest BCUT2D eigenvalue weighted by molar-refractivity contribution is 6.07. The van der Waals surface area contributed by atoms with Gasteiger partial charge in [0.25, 0.3) is 5.91 Å². The number of rotatable bonds is 4. The second-order valence-electron chi connectivity index (χ2n) is 11.5. The van der Waals surface area contributed by atoms with E-state index in [9.17, 15) is 14.4 Å². The fraction of sp³-hybridized carbons (Fsp3) is 0.419. The summed E-state index contributed by atoms with van der Waals surface area (Å²) < 4.78 is 6.39. The number of likely N-dealkylation sites (tertiary alicyclic amines) is 2. The van der Waals surface area contributed by atoms with Gasteiger partial charge in [-0.25, -0.2) is 0 Å². The summed E-state index contributed by atoms with van der Waals surface area (Å²) in [5.74, 6) is 0.495. The minimum atomic E-state index is -0.594. The number of pyridine rings is 1. The number of nitrogens with one attached hydrogen (secondary N) is 1. The number of piperidine rings is 2. The zero-order valence-electron chi connectivity index (χ0n) is 21.9. The van der Waals surface area contributed by atoms with E-state index in [1.54, 1.807) is 4.90 Å². The average Bonchev–Trinajstić information content (AvgIpc) is 3.48. The quantitative estimate of drug-likeness (QED) is 0.618. The van der Waals surface area contributed by atoms with Crippen molar-refractivity contribution < 1.29 is 19.1 Å². The summed E-state index contributed by atoms with van der Waals surface area (Å²) in [5.41, 5.74) is 5.44. The number of imide groups is 1. The Kier molecular flexibility index (Phi) is 5.88. The smallest absolute Gasteiger partial charge is 0.254 e.